The second-order valence-electron chi connectivity index (χ2n) is 10.4. The van der Waals surface area contributed by atoms with Crippen molar-refractivity contribution in [2.75, 3.05) is 5.75 Å². The lowest BCUT2D eigenvalue weighted by molar-refractivity contribution is -0.140. The van der Waals surface area contributed by atoms with E-state index in [9.17, 15) is 40.3 Å². The SMILES string of the molecule is CCS(=O)(=O)c1ccc(CNC(=O)c2nc(C(C)(C)C)n(Cc3cccc(C(O)C(F)F)c3C(F)(F)F)c2C)nc1. The summed E-state index contributed by atoms with van der Waals surface area (Å²) in [5.41, 5.74) is -2.88. The third-order valence-electron chi connectivity index (χ3n) is 6.43. The van der Waals surface area contributed by atoms with Crippen LogP contribution in [0.2, 0.25) is 0 Å². The van der Waals surface area contributed by atoms with Crippen LogP contribution < -0.4 is 5.32 Å². The minimum absolute atomic E-state index is 0.0443. The minimum Gasteiger partial charge on any atom is -0.382 e. The molecule has 0 spiro atoms. The Morgan fingerprint density at radius 3 is 2.29 bits per heavy atom. The summed E-state index contributed by atoms with van der Waals surface area (Å²) in [7, 11) is -3.45. The number of pyridine rings is 1. The highest BCUT2D eigenvalue weighted by molar-refractivity contribution is 7.91. The number of hydrogen-bond donors (Lipinski definition) is 2. The van der Waals surface area contributed by atoms with E-state index < -0.39 is 57.5 Å². The van der Waals surface area contributed by atoms with Crippen LogP contribution in [0.4, 0.5) is 22.0 Å². The fraction of sp³-hybridized carbons (Fsp3) is 0.444. The van der Waals surface area contributed by atoms with Gasteiger partial charge in [0.15, 0.2) is 9.84 Å². The summed E-state index contributed by atoms with van der Waals surface area (Å²) in [6.07, 6.45) is -9.92. The summed E-state index contributed by atoms with van der Waals surface area (Å²) in [4.78, 5) is 21.6. The molecule has 0 bridgehead atoms. The molecular formula is C27H31F5N4O4S. The van der Waals surface area contributed by atoms with Gasteiger partial charge in [-0.2, -0.15) is 13.2 Å². The predicted molar refractivity (Wildman–Crippen MR) is 140 cm³/mol. The molecule has 3 aromatic rings. The second kappa shape index (κ2) is 11.8. The number of imidazole rings is 1. The third kappa shape index (κ3) is 7.10. The molecule has 2 heterocycles. The second-order valence-corrected chi connectivity index (χ2v) is 12.7. The fourth-order valence-corrected chi connectivity index (χ4v) is 5.11. The first kappa shape index (κ1) is 32.1. The van der Waals surface area contributed by atoms with Gasteiger partial charge < -0.3 is 15.0 Å². The molecule has 2 aromatic heterocycles. The van der Waals surface area contributed by atoms with Gasteiger partial charge in [-0.1, -0.05) is 45.9 Å². The van der Waals surface area contributed by atoms with Crippen molar-refractivity contribution >= 4 is 15.7 Å². The van der Waals surface area contributed by atoms with Crippen molar-refractivity contribution in [1.29, 1.82) is 0 Å². The summed E-state index contributed by atoms with van der Waals surface area (Å²) in [6.45, 7) is 7.74. The Kier molecular flexibility index (Phi) is 9.28. The number of aromatic nitrogens is 3. The number of nitrogens with zero attached hydrogens (tertiary/aromatic N) is 3. The number of rotatable bonds is 9. The van der Waals surface area contributed by atoms with Crippen LogP contribution in [0.1, 0.15) is 78.2 Å². The number of hydrogen-bond acceptors (Lipinski definition) is 6. The molecule has 8 nitrogen and oxygen atoms in total. The van der Waals surface area contributed by atoms with Gasteiger partial charge in [0, 0.05) is 23.9 Å². The molecule has 1 amide bonds. The maximum Gasteiger partial charge on any atom is 0.417 e. The molecule has 0 saturated carbocycles. The highest BCUT2D eigenvalue weighted by Gasteiger charge is 2.40. The first-order valence-electron chi connectivity index (χ1n) is 12.6. The number of amides is 1. The lowest BCUT2D eigenvalue weighted by Crippen LogP contribution is -2.25. The number of aliphatic hydroxyl groups excluding tert-OH is 1. The van der Waals surface area contributed by atoms with Gasteiger partial charge in [0.1, 0.15) is 17.6 Å². The van der Waals surface area contributed by atoms with Crippen molar-refractivity contribution in [1.82, 2.24) is 19.9 Å². The lowest BCUT2D eigenvalue weighted by atomic mass is 9.94. The molecule has 0 aliphatic rings. The van der Waals surface area contributed by atoms with Gasteiger partial charge in [-0.15, -0.1) is 0 Å². The Balaban J connectivity index is 1.98. The van der Waals surface area contributed by atoms with E-state index in [0.717, 1.165) is 18.2 Å². The number of carbonyl (C=O) groups excluding carboxylic acids is 1. The smallest absolute Gasteiger partial charge is 0.382 e. The molecule has 1 unspecified atom stereocenters. The fourth-order valence-electron chi connectivity index (χ4n) is 4.29. The normalized spacial score (nSPS) is 13.5. The van der Waals surface area contributed by atoms with Crippen molar-refractivity contribution in [3.63, 3.8) is 0 Å². The van der Waals surface area contributed by atoms with Crippen LogP contribution in [0.15, 0.2) is 41.4 Å². The zero-order valence-corrected chi connectivity index (χ0v) is 23.9. The Morgan fingerprint density at radius 2 is 1.78 bits per heavy atom. The van der Waals surface area contributed by atoms with Gasteiger partial charge in [-0.25, -0.2) is 22.2 Å². The predicted octanol–water partition coefficient (Wildman–Crippen LogP) is 4.97. The summed E-state index contributed by atoms with van der Waals surface area (Å²) >= 11 is 0. The Bertz CT molecular complexity index is 1510. The lowest BCUT2D eigenvalue weighted by Gasteiger charge is -2.24. The molecule has 0 fully saturated rings. The summed E-state index contributed by atoms with van der Waals surface area (Å²) in [5.74, 6) is -0.457. The first-order chi connectivity index (χ1) is 18.9. The van der Waals surface area contributed by atoms with Gasteiger partial charge >= 0.3 is 6.18 Å². The zero-order valence-electron chi connectivity index (χ0n) is 23.1. The molecule has 0 radical (unpaired) electrons. The maximum absolute atomic E-state index is 14.1. The van der Waals surface area contributed by atoms with E-state index in [2.05, 4.69) is 15.3 Å². The van der Waals surface area contributed by atoms with E-state index in [1.165, 1.54) is 36.7 Å². The molecule has 0 aliphatic carbocycles. The number of nitrogens with one attached hydrogen (secondary N) is 1. The van der Waals surface area contributed by atoms with Gasteiger partial charge in [0.25, 0.3) is 12.3 Å². The molecule has 1 aromatic carbocycles. The highest BCUT2D eigenvalue weighted by Crippen LogP contribution is 2.39. The van der Waals surface area contributed by atoms with Crippen LogP contribution in [0.5, 0.6) is 0 Å². The molecule has 41 heavy (non-hydrogen) atoms. The van der Waals surface area contributed by atoms with Crippen LogP contribution in [0, 0.1) is 6.92 Å². The van der Waals surface area contributed by atoms with E-state index in [1.54, 1.807) is 20.8 Å². The number of halogens is 5. The van der Waals surface area contributed by atoms with Gasteiger partial charge in [-0.3, -0.25) is 9.78 Å². The first-order valence-corrected chi connectivity index (χ1v) is 14.2. The van der Waals surface area contributed by atoms with Gasteiger partial charge in [-0.05, 0) is 30.2 Å². The van der Waals surface area contributed by atoms with E-state index >= 15 is 0 Å². The maximum atomic E-state index is 14.1. The molecule has 3 rings (SSSR count). The summed E-state index contributed by atoms with van der Waals surface area (Å²) in [5, 5.41) is 12.4. The Hall–Kier alpha value is -3.39. The molecule has 14 heteroatoms. The van der Waals surface area contributed by atoms with Crippen LogP contribution in [0.25, 0.3) is 0 Å². The van der Waals surface area contributed by atoms with Crippen molar-refractivity contribution in [3.8, 4) is 0 Å². The summed E-state index contributed by atoms with van der Waals surface area (Å²) in [6, 6.07) is 5.93. The number of carbonyl (C=O) groups is 1. The van der Waals surface area contributed by atoms with Crippen LogP contribution in [-0.4, -0.2) is 46.1 Å². The monoisotopic (exact) mass is 602 g/mol. The van der Waals surface area contributed by atoms with Crippen molar-refractivity contribution in [2.24, 2.45) is 0 Å². The minimum atomic E-state index is -5.04. The number of alkyl halides is 5. The van der Waals surface area contributed by atoms with Crippen LogP contribution in [0.3, 0.4) is 0 Å². The quantitative estimate of drug-likeness (QED) is 0.334. The van der Waals surface area contributed by atoms with Crippen molar-refractivity contribution < 1.29 is 40.3 Å². The number of sulfone groups is 1. The third-order valence-corrected chi connectivity index (χ3v) is 8.15. The highest BCUT2D eigenvalue weighted by atomic mass is 32.2. The van der Waals surface area contributed by atoms with E-state index in [-0.39, 0.29) is 40.0 Å². The average molecular weight is 603 g/mol. The molecule has 0 saturated heterocycles. The zero-order chi connectivity index (χ0) is 30.9. The molecule has 1 atom stereocenters. The standard InChI is InChI=1S/C27H31F5N4O4S/c1-6-41(39,40)18-11-10-17(33-13-18)12-34-24(38)21-15(2)36(25(35-21)26(3,4)5)14-16-8-7-9-19(22(37)23(28)29)20(16)27(30,31)32/h7-11,13,22-23,37H,6,12,14H2,1-5H3,(H,34,38). The van der Waals surface area contributed by atoms with E-state index in [1.807, 2.05) is 0 Å². The molecular weight excluding hydrogens is 571 g/mol. The van der Waals surface area contributed by atoms with Gasteiger partial charge in [0.2, 0.25) is 0 Å². The number of benzene rings is 1. The molecule has 0 aliphatic heterocycles. The van der Waals surface area contributed by atoms with Crippen LogP contribution in [-0.2, 0) is 34.5 Å². The average Bonchev–Trinajstić information content (AvgIpc) is 3.22. The van der Waals surface area contributed by atoms with Gasteiger partial charge in [0.05, 0.1) is 28.5 Å². The van der Waals surface area contributed by atoms with E-state index in [0.29, 0.717) is 5.69 Å². The molecule has 2 N–H and O–H groups in total. The van der Waals surface area contributed by atoms with Crippen molar-refractivity contribution in [3.05, 3.63) is 76.1 Å². The topological polar surface area (TPSA) is 114 Å². The van der Waals surface area contributed by atoms with Crippen molar-refractivity contribution in [2.45, 2.75) is 76.7 Å². The number of aliphatic hydroxyl groups is 1. The Labute approximate surface area is 234 Å². The van der Waals surface area contributed by atoms with E-state index in [4.69, 9.17) is 0 Å². The summed E-state index contributed by atoms with van der Waals surface area (Å²) < 4.78 is 94.0. The Morgan fingerprint density at radius 1 is 1.12 bits per heavy atom. The molecule has 224 valence electrons. The largest absolute Gasteiger partial charge is 0.417 e. The van der Waals surface area contributed by atoms with Crippen LogP contribution >= 0.6 is 0 Å².